The van der Waals surface area contributed by atoms with E-state index in [1.165, 1.54) is 6.42 Å². The number of aliphatic hydroxyl groups excluding tert-OH is 1. The fraction of sp³-hybridized carbons (Fsp3) is 0.526. The molecule has 1 saturated heterocycles. The van der Waals surface area contributed by atoms with Crippen molar-refractivity contribution in [3.05, 3.63) is 39.7 Å². The maximum absolute atomic E-state index is 11.9. The minimum absolute atomic E-state index is 0.168. The largest absolute Gasteiger partial charge is 0.508 e. The van der Waals surface area contributed by atoms with Crippen molar-refractivity contribution < 1.29 is 14.6 Å². The van der Waals surface area contributed by atoms with Crippen molar-refractivity contribution in [3.63, 3.8) is 0 Å². The van der Waals surface area contributed by atoms with Crippen LogP contribution in [-0.4, -0.2) is 34.3 Å². The van der Waals surface area contributed by atoms with Gasteiger partial charge in [-0.05, 0) is 49.4 Å². The van der Waals surface area contributed by atoms with Gasteiger partial charge in [-0.15, -0.1) is 0 Å². The molecule has 1 atom stereocenters. The molecular weight excluding hydrogens is 306 g/mol. The lowest BCUT2D eigenvalue weighted by atomic mass is 9.97. The lowest BCUT2D eigenvalue weighted by molar-refractivity contribution is 0.113. The van der Waals surface area contributed by atoms with Crippen LogP contribution in [0.5, 0.6) is 5.75 Å². The lowest BCUT2D eigenvalue weighted by Crippen LogP contribution is -2.39. The highest BCUT2D eigenvalue weighted by Crippen LogP contribution is 2.29. The maximum Gasteiger partial charge on any atom is 0.336 e. The first-order valence-electron chi connectivity index (χ1n) is 8.76. The average molecular weight is 331 g/mol. The molecule has 0 amide bonds. The van der Waals surface area contributed by atoms with E-state index in [2.05, 4.69) is 4.90 Å². The van der Waals surface area contributed by atoms with Crippen LogP contribution in [0.15, 0.2) is 27.4 Å². The summed E-state index contributed by atoms with van der Waals surface area (Å²) in [4.78, 5) is 14.3. The molecular formula is C19H25NO4. The van der Waals surface area contributed by atoms with Crippen LogP contribution in [-0.2, 0) is 13.0 Å². The molecule has 1 fully saturated rings. The summed E-state index contributed by atoms with van der Waals surface area (Å²) in [6.07, 6.45) is 4.90. The third-order valence-corrected chi connectivity index (χ3v) is 5.00. The Hall–Kier alpha value is -1.85. The number of hydrogen-bond donors (Lipinski definition) is 2. The number of piperidine rings is 1. The quantitative estimate of drug-likeness (QED) is 0.824. The van der Waals surface area contributed by atoms with Crippen LogP contribution in [0.3, 0.4) is 0 Å². The van der Waals surface area contributed by atoms with Crippen molar-refractivity contribution in [1.82, 2.24) is 4.90 Å². The normalized spacial score (nSPS) is 19.0. The molecule has 24 heavy (non-hydrogen) atoms. The van der Waals surface area contributed by atoms with E-state index in [0.29, 0.717) is 18.2 Å². The Morgan fingerprint density at radius 2 is 2.08 bits per heavy atom. The monoisotopic (exact) mass is 331 g/mol. The van der Waals surface area contributed by atoms with Gasteiger partial charge < -0.3 is 14.6 Å². The zero-order valence-electron chi connectivity index (χ0n) is 14.1. The molecule has 1 aliphatic rings. The average Bonchev–Trinajstić information content (AvgIpc) is 2.56. The lowest BCUT2D eigenvalue weighted by Gasteiger charge is -2.35. The molecule has 1 unspecified atom stereocenters. The third-order valence-electron chi connectivity index (χ3n) is 5.00. The van der Waals surface area contributed by atoms with Gasteiger partial charge in [0.1, 0.15) is 11.3 Å². The molecule has 0 bridgehead atoms. The number of rotatable bonds is 5. The number of aryl methyl sites for hydroxylation is 1. The number of aliphatic hydroxyl groups is 1. The molecule has 0 saturated carbocycles. The molecule has 2 aromatic rings. The van der Waals surface area contributed by atoms with Gasteiger partial charge in [0.15, 0.2) is 0 Å². The number of aromatic hydroxyl groups is 1. The highest BCUT2D eigenvalue weighted by molar-refractivity contribution is 5.82. The summed E-state index contributed by atoms with van der Waals surface area (Å²) in [5.74, 6) is 0.168. The minimum Gasteiger partial charge on any atom is -0.508 e. The van der Waals surface area contributed by atoms with E-state index in [1.54, 1.807) is 12.1 Å². The van der Waals surface area contributed by atoms with Crippen LogP contribution < -0.4 is 5.63 Å². The molecule has 0 aliphatic carbocycles. The van der Waals surface area contributed by atoms with Gasteiger partial charge in [0.25, 0.3) is 0 Å². The van der Waals surface area contributed by atoms with Gasteiger partial charge in [0, 0.05) is 36.7 Å². The molecule has 1 aromatic carbocycles. The van der Waals surface area contributed by atoms with Gasteiger partial charge in [-0.1, -0.05) is 13.3 Å². The number of phenolic OH excluding ortho intramolecular Hbond substituents is 1. The van der Waals surface area contributed by atoms with Gasteiger partial charge in [0.05, 0.1) is 0 Å². The Morgan fingerprint density at radius 3 is 2.83 bits per heavy atom. The van der Waals surface area contributed by atoms with Crippen molar-refractivity contribution in [3.8, 4) is 5.75 Å². The molecule has 5 heteroatoms. The van der Waals surface area contributed by atoms with Gasteiger partial charge in [-0.2, -0.15) is 0 Å². The number of nitrogens with zero attached hydrogens (tertiary/aromatic N) is 1. The number of hydrogen-bond acceptors (Lipinski definition) is 5. The highest BCUT2D eigenvalue weighted by Gasteiger charge is 2.23. The van der Waals surface area contributed by atoms with Crippen molar-refractivity contribution in [1.29, 1.82) is 0 Å². The number of benzene rings is 1. The first kappa shape index (κ1) is 17.0. The fourth-order valence-corrected chi connectivity index (χ4v) is 3.68. The number of phenols is 1. The first-order chi connectivity index (χ1) is 11.6. The molecule has 130 valence electrons. The molecule has 1 aromatic heterocycles. The summed E-state index contributed by atoms with van der Waals surface area (Å²) in [7, 11) is 0. The van der Waals surface area contributed by atoms with E-state index in [0.717, 1.165) is 48.7 Å². The number of fused-ring (bicyclic) bond motifs is 1. The Kier molecular flexibility index (Phi) is 5.21. The van der Waals surface area contributed by atoms with Crippen LogP contribution >= 0.6 is 0 Å². The standard InChI is InChI=1S/C19H25NO4/c1-2-13-9-16-14(10-19(23)24-18(16)11-17(13)22)12-20-7-4-3-5-15(20)6-8-21/h9-11,15,21-22H,2-8,12H2,1H3. The second-order valence-corrected chi connectivity index (χ2v) is 6.55. The van der Waals surface area contributed by atoms with Crippen LogP contribution in [0.1, 0.15) is 43.7 Å². The highest BCUT2D eigenvalue weighted by atomic mass is 16.4. The van der Waals surface area contributed by atoms with E-state index >= 15 is 0 Å². The predicted octanol–water partition coefficient (Wildman–Crippen LogP) is 2.80. The Balaban J connectivity index is 1.99. The van der Waals surface area contributed by atoms with Crippen molar-refractivity contribution >= 4 is 11.0 Å². The van der Waals surface area contributed by atoms with Crippen LogP contribution in [0.4, 0.5) is 0 Å². The summed E-state index contributed by atoms with van der Waals surface area (Å²) in [5.41, 5.74) is 1.82. The summed E-state index contributed by atoms with van der Waals surface area (Å²) in [6, 6.07) is 5.38. The second kappa shape index (κ2) is 7.36. The zero-order valence-corrected chi connectivity index (χ0v) is 14.1. The fourth-order valence-electron chi connectivity index (χ4n) is 3.68. The molecule has 3 rings (SSSR count). The van der Waals surface area contributed by atoms with E-state index in [-0.39, 0.29) is 12.4 Å². The van der Waals surface area contributed by atoms with E-state index in [4.69, 9.17) is 4.42 Å². The maximum atomic E-state index is 11.9. The topological polar surface area (TPSA) is 73.9 Å². The van der Waals surface area contributed by atoms with Crippen molar-refractivity contribution in [2.75, 3.05) is 13.2 Å². The van der Waals surface area contributed by atoms with Crippen LogP contribution in [0.2, 0.25) is 0 Å². The smallest absolute Gasteiger partial charge is 0.336 e. The van der Waals surface area contributed by atoms with E-state index in [9.17, 15) is 15.0 Å². The van der Waals surface area contributed by atoms with Crippen molar-refractivity contribution in [2.24, 2.45) is 0 Å². The van der Waals surface area contributed by atoms with Gasteiger partial charge in [-0.3, -0.25) is 4.90 Å². The van der Waals surface area contributed by atoms with Crippen molar-refractivity contribution in [2.45, 2.75) is 51.6 Å². The van der Waals surface area contributed by atoms with Gasteiger partial charge in [-0.25, -0.2) is 4.79 Å². The Labute approximate surface area is 141 Å². The first-order valence-corrected chi connectivity index (χ1v) is 8.76. The van der Waals surface area contributed by atoms with E-state index in [1.807, 2.05) is 13.0 Å². The van der Waals surface area contributed by atoms with Crippen LogP contribution in [0.25, 0.3) is 11.0 Å². The summed E-state index contributed by atoms with van der Waals surface area (Å²) < 4.78 is 5.27. The number of likely N-dealkylation sites (tertiary alicyclic amines) is 1. The van der Waals surface area contributed by atoms with Gasteiger partial charge in [0.2, 0.25) is 0 Å². The molecule has 0 radical (unpaired) electrons. The van der Waals surface area contributed by atoms with Gasteiger partial charge >= 0.3 is 5.63 Å². The molecule has 2 heterocycles. The van der Waals surface area contributed by atoms with E-state index < -0.39 is 5.63 Å². The summed E-state index contributed by atoms with van der Waals surface area (Å²) in [6.45, 7) is 3.82. The molecule has 0 spiro atoms. The Morgan fingerprint density at radius 1 is 1.25 bits per heavy atom. The molecule has 2 N–H and O–H groups in total. The minimum atomic E-state index is -0.392. The zero-order chi connectivity index (χ0) is 17.1. The molecule has 1 aliphatic heterocycles. The molecule has 5 nitrogen and oxygen atoms in total. The predicted molar refractivity (Wildman–Crippen MR) is 93.3 cm³/mol. The summed E-state index contributed by atoms with van der Waals surface area (Å²) in [5, 5.41) is 20.2. The third kappa shape index (κ3) is 3.47. The Bertz CT molecular complexity index is 766. The second-order valence-electron chi connectivity index (χ2n) is 6.55. The summed E-state index contributed by atoms with van der Waals surface area (Å²) >= 11 is 0. The SMILES string of the molecule is CCc1cc2c(CN3CCCCC3CCO)cc(=O)oc2cc1O. The van der Waals surface area contributed by atoms with Crippen LogP contribution in [0, 0.1) is 0 Å².